The lowest BCUT2D eigenvalue weighted by Crippen LogP contribution is -2.41. The topological polar surface area (TPSA) is 78.7 Å². The average Bonchev–Trinajstić information content (AvgIpc) is 3.00. The number of imidazole rings is 1. The number of fused-ring (bicyclic) bond motifs is 1. The van der Waals surface area contributed by atoms with Crippen molar-refractivity contribution >= 4 is 11.9 Å². The third-order valence-corrected chi connectivity index (χ3v) is 5.43. The number of carbonyl (C=O) groups excluding carboxylic acids is 1. The van der Waals surface area contributed by atoms with Gasteiger partial charge in [0.1, 0.15) is 5.82 Å². The number of nitrogens with zero attached hydrogens (tertiary/aromatic N) is 4. The first-order valence-corrected chi connectivity index (χ1v) is 8.10. The fraction of sp³-hybridized carbons (Fsp3) is 0.688. The van der Waals surface area contributed by atoms with Gasteiger partial charge in [0.2, 0.25) is 5.91 Å². The smallest absolute Gasteiger partial charge is 0.311 e. The molecule has 3 heterocycles. The number of aryl methyl sites for hydroxylation is 1. The van der Waals surface area contributed by atoms with E-state index in [-0.39, 0.29) is 11.8 Å². The van der Waals surface area contributed by atoms with Crippen molar-refractivity contribution in [1.29, 1.82) is 0 Å². The van der Waals surface area contributed by atoms with Crippen molar-refractivity contribution in [1.82, 2.24) is 19.4 Å². The highest BCUT2D eigenvalue weighted by molar-refractivity contribution is 5.80. The van der Waals surface area contributed by atoms with E-state index in [1.165, 1.54) is 6.92 Å². The van der Waals surface area contributed by atoms with Crippen molar-refractivity contribution in [3.8, 4) is 0 Å². The van der Waals surface area contributed by atoms with Crippen molar-refractivity contribution in [2.75, 3.05) is 26.2 Å². The second-order valence-corrected chi connectivity index (χ2v) is 6.85. The Balaban J connectivity index is 1.79. The maximum atomic E-state index is 12.0. The first-order valence-electron chi connectivity index (χ1n) is 8.10. The van der Waals surface area contributed by atoms with Crippen LogP contribution in [0, 0.1) is 11.3 Å². The Morgan fingerprint density at radius 3 is 2.83 bits per heavy atom. The van der Waals surface area contributed by atoms with E-state index in [2.05, 4.69) is 9.88 Å². The van der Waals surface area contributed by atoms with Gasteiger partial charge in [-0.3, -0.25) is 14.5 Å². The van der Waals surface area contributed by atoms with Gasteiger partial charge in [-0.1, -0.05) is 0 Å². The molecule has 7 heteroatoms. The zero-order valence-corrected chi connectivity index (χ0v) is 13.7. The van der Waals surface area contributed by atoms with Gasteiger partial charge in [-0.15, -0.1) is 0 Å². The summed E-state index contributed by atoms with van der Waals surface area (Å²) in [4.78, 5) is 32.1. The molecule has 0 bridgehead atoms. The monoisotopic (exact) mass is 320 g/mol. The summed E-state index contributed by atoms with van der Waals surface area (Å²) in [6.07, 6.45) is 5.16. The molecular weight excluding hydrogens is 296 g/mol. The zero-order chi connectivity index (χ0) is 16.6. The lowest BCUT2D eigenvalue weighted by molar-refractivity contribution is -0.151. The van der Waals surface area contributed by atoms with Crippen molar-refractivity contribution in [2.45, 2.75) is 26.3 Å². The summed E-state index contributed by atoms with van der Waals surface area (Å²) in [6.45, 7) is 4.70. The SMILES string of the molecule is CC(=O)N1C[C@H]2CN(Cc3nccn3C)CCC[C@@]2(C(=O)O)C1. The van der Waals surface area contributed by atoms with Crippen LogP contribution in [-0.4, -0.2) is 62.5 Å². The molecule has 0 saturated carbocycles. The van der Waals surface area contributed by atoms with E-state index < -0.39 is 11.4 Å². The minimum atomic E-state index is -0.790. The third-order valence-electron chi connectivity index (χ3n) is 5.43. The van der Waals surface area contributed by atoms with Gasteiger partial charge in [-0.2, -0.15) is 0 Å². The van der Waals surface area contributed by atoms with Crippen LogP contribution in [0.4, 0.5) is 0 Å². The van der Waals surface area contributed by atoms with Crippen LogP contribution in [0.25, 0.3) is 0 Å². The molecular formula is C16H24N4O3. The fourth-order valence-electron chi connectivity index (χ4n) is 3.99. The van der Waals surface area contributed by atoms with Gasteiger partial charge in [0.05, 0.1) is 12.0 Å². The molecule has 23 heavy (non-hydrogen) atoms. The molecule has 0 aromatic carbocycles. The van der Waals surface area contributed by atoms with Gasteiger partial charge < -0.3 is 14.6 Å². The molecule has 1 aromatic rings. The highest BCUT2D eigenvalue weighted by atomic mass is 16.4. The number of aliphatic carboxylic acids is 1. The molecule has 0 spiro atoms. The Kier molecular flexibility index (Phi) is 4.14. The largest absolute Gasteiger partial charge is 0.481 e. The van der Waals surface area contributed by atoms with Crippen LogP contribution in [0.3, 0.4) is 0 Å². The number of amides is 1. The number of carbonyl (C=O) groups is 2. The molecule has 7 nitrogen and oxygen atoms in total. The Morgan fingerprint density at radius 1 is 1.43 bits per heavy atom. The lowest BCUT2D eigenvalue weighted by Gasteiger charge is -2.29. The fourth-order valence-corrected chi connectivity index (χ4v) is 3.99. The van der Waals surface area contributed by atoms with E-state index in [9.17, 15) is 14.7 Å². The average molecular weight is 320 g/mol. The lowest BCUT2D eigenvalue weighted by atomic mass is 9.75. The Morgan fingerprint density at radius 2 is 2.22 bits per heavy atom. The number of hydrogen-bond acceptors (Lipinski definition) is 4. The molecule has 0 radical (unpaired) electrons. The zero-order valence-electron chi connectivity index (χ0n) is 13.7. The maximum Gasteiger partial charge on any atom is 0.311 e. The molecule has 3 rings (SSSR count). The van der Waals surface area contributed by atoms with Gasteiger partial charge in [0.15, 0.2) is 0 Å². The van der Waals surface area contributed by atoms with Crippen LogP contribution < -0.4 is 0 Å². The van der Waals surface area contributed by atoms with Crippen LogP contribution in [-0.2, 0) is 23.2 Å². The van der Waals surface area contributed by atoms with Gasteiger partial charge in [0, 0.05) is 51.9 Å². The van der Waals surface area contributed by atoms with Crippen LogP contribution in [0.1, 0.15) is 25.6 Å². The molecule has 2 aliphatic rings. The van der Waals surface area contributed by atoms with Crippen LogP contribution in [0.5, 0.6) is 0 Å². The number of carboxylic acids is 1. The highest BCUT2D eigenvalue weighted by Gasteiger charge is 2.53. The Bertz CT molecular complexity index is 614. The molecule has 1 N–H and O–H groups in total. The quantitative estimate of drug-likeness (QED) is 0.881. The Hall–Kier alpha value is -1.89. The van der Waals surface area contributed by atoms with Crippen molar-refractivity contribution in [3.63, 3.8) is 0 Å². The molecule has 0 unspecified atom stereocenters. The number of hydrogen-bond donors (Lipinski definition) is 1. The molecule has 2 aliphatic heterocycles. The normalized spacial score (nSPS) is 28.4. The van der Waals surface area contributed by atoms with Crippen molar-refractivity contribution < 1.29 is 14.7 Å². The second kappa shape index (κ2) is 5.96. The maximum absolute atomic E-state index is 12.0. The van der Waals surface area contributed by atoms with E-state index in [1.54, 1.807) is 11.1 Å². The number of carboxylic acid groups (broad SMARTS) is 1. The molecule has 2 fully saturated rings. The second-order valence-electron chi connectivity index (χ2n) is 6.85. The van der Waals surface area contributed by atoms with Crippen LogP contribution >= 0.6 is 0 Å². The van der Waals surface area contributed by atoms with Gasteiger partial charge >= 0.3 is 5.97 Å². The van der Waals surface area contributed by atoms with Gasteiger partial charge in [0.25, 0.3) is 0 Å². The van der Waals surface area contributed by atoms with Crippen LogP contribution in [0.15, 0.2) is 12.4 Å². The predicted molar refractivity (Wildman–Crippen MR) is 83.5 cm³/mol. The summed E-state index contributed by atoms with van der Waals surface area (Å²) >= 11 is 0. The predicted octanol–water partition coefficient (Wildman–Crippen LogP) is 0.565. The van der Waals surface area contributed by atoms with E-state index in [0.717, 1.165) is 25.3 Å². The number of likely N-dealkylation sites (tertiary alicyclic amines) is 2. The van der Waals surface area contributed by atoms with Gasteiger partial charge in [-0.05, 0) is 19.4 Å². The molecule has 2 atom stereocenters. The number of rotatable bonds is 3. The van der Waals surface area contributed by atoms with E-state index >= 15 is 0 Å². The standard InChI is InChI=1S/C16H24N4O3/c1-12(21)20-9-13-8-19(10-14-17-5-7-18(14)2)6-3-4-16(13,11-20)15(22)23/h5,7,13H,3-4,6,8-11H2,1-2H3,(H,22,23)/t13-,16-/m1/s1. The summed E-state index contributed by atoms with van der Waals surface area (Å²) in [5.74, 6) is 0.167. The summed E-state index contributed by atoms with van der Waals surface area (Å²) in [5, 5.41) is 9.84. The molecule has 0 aliphatic carbocycles. The van der Waals surface area contributed by atoms with Crippen molar-refractivity contribution in [2.24, 2.45) is 18.4 Å². The highest BCUT2D eigenvalue weighted by Crippen LogP contribution is 2.43. The Labute approximate surface area is 135 Å². The first-order chi connectivity index (χ1) is 10.9. The summed E-state index contributed by atoms with van der Waals surface area (Å²) < 4.78 is 1.99. The minimum absolute atomic E-state index is 0.0216. The molecule has 2 saturated heterocycles. The third kappa shape index (κ3) is 2.85. The molecule has 126 valence electrons. The number of aromatic nitrogens is 2. The first kappa shape index (κ1) is 16.0. The van der Waals surface area contributed by atoms with Crippen LogP contribution in [0.2, 0.25) is 0 Å². The summed E-state index contributed by atoms with van der Waals surface area (Å²) in [5.41, 5.74) is -0.790. The minimum Gasteiger partial charge on any atom is -0.481 e. The van der Waals surface area contributed by atoms with E-state index in [1.807, 2.05) is 17.8 Å². The van der Waals surface area contributed by atoms with Crippen molar-refractivity contribution in [3.05, 3.63) is 18.2 Å². The molecule has 1 amide bonds. The summed E-state index contributed by atoms with van der Waals surface area (Å²) in [7, 11) is 1.97. The summed E-state index contributed by atoms with van der Waals surface area (Å²) in [6, 6.07) is 0. The van der Waals surface area contributed by atoms with E-state index in [4.69, 9.17) is 0 Å². The van der Waals surface area contributed by atoms with E-state index in [0.29, 0.717) is 26.1 Å². The molecule has 1 aromatic heterocycles. The van der Waals surface area contributed by atoms with Gasteiger partial charge in [-0.25, -0.2) is 4.98 Å².